The van der Waals surface area contributed by atoms with E-state index in [1.165, 1.54) is 4.90 Å². The van der Waals surface area contributed by atoms with Gasteiger partial charge in [-0.15, -0.1) is 0 Å². The fraction of sp³-hybridized carbons (Fsp3) is 0.700. The number of carbonyl (C=O) groups is 3. The van der Waals surface area contributed by atoms with Crippen LogP contribution in [0.3, 0.4) is 0 Å². The lowest BCUT2D eigenvalue weighted by Crippen LogP contribution is -2.43. The average molecular weight is 276 g/mol. The molecule has 9 nitrogen and oxygen atoms in total. The van der Waals surface area contributed by atoms with Gasteiger partial charge in [0.1, 0.15) is 6.61 Å². The number of carboxylic acids is 1. The Morgan fingerprint density at radius 1 is 1.05 bits per heavy atom. The maximum atomic E-state index is 11.2. The second-order valence-corrected chi connectivity index (χ2v) is 3.76. The largest absolute Gasteiger partial charge is 0.480 e. The zero-order chi connectivity index (χ0) is 14.7. The molecule has 0 atom stereocenters. The Bertz CT molecular complexity index is 308. The summed E-state index contributed by atoms with van der Waals surface area (Å²) in [5.74, 6) is -1.05. The van der Waals surface area contributed by atoms with E-state index in [2.05, 4.69) is 16.0 Å². The number of hydrogen-bond acceptors (Lipinski definition) is 4. The Morgan fingerprint density at radius 3 is 2.21 bits per heavy atom. The summed E-state index contributed by atoms with van der Waals surface area (Å²) in [6.07, 6.45) is 0. The number of hydrogen-bond donors (Lipinski definition) is 4. The number of carbonyl (C=O) groups excluding carboxylic acids is 2. The minimum atomic E-state index is -1.05. The molecule has 0 aliphatic heterocycles. The van der Waals surface area contributed by atoms with Gasteiger partial charge in [0.05, 0.1) is 6.61 Å². The molecule has 0 bridgehead atoms. The van der Waals surface area contributed by atoms with Crippen molar-refractivity contribution in [1.29, 1.82) is 0 Å². The average Bonchev–Trinajstić information content (AvgIpc) is 2.33. The van der Waals surface area contributed by atoms with Gasteiger partial charge in [-0.1, -0.05) is 0 Å². The van der Waals surface area contributed by atoms with Gasteiger partial charge in [-0.25, -0.2) is 14.4 Å². The monoisotopic (exact) mass is 276 g/mol. The first-order valence-corrected chi connectivity index (χ1v) is 5.70. The van der Waals surface area contributed by atoms with E-state index in [0.717, 1.165) is 0 Å². The predicted molar refractivity (Wildman–Crippen MR) is 66.9 cm³/mol. The van der Waals surface area contributed by atoms with Crippen LogP contribution >= 0.6 is 0 Å². The van der Waals surface area contributed by atoms with Crippen molar-refractivity contribution in [1.82, 2.24) is 20.9 Å². The van der Waals surface area contributed by atoms with E-state index in [9.17, 15) is 14.4 Å². The number of carboxylic acid groups (broad SMARTS) is 1. The van der Waals surface area contributed by atoms with Crippen LogP contribution in [0.25, 0.3) is 0 Å². The normalized spacial score (nSPS) is 9.58. The molecule has 19 heavy (non-hydrogen) atoms. The van der Waals surface area contributed by atoms with Crippen molar-refractivity contribution < 1.29 is 24.2 Å². The molecule has 110 valence electrons. The first-order valence-electron chi connectivity index (χ1n) is 5.70. The molecule has 4 amide bonds. The summed E-state index contributed by atoms with van der Waals surface area (Å²) in [6, 6.07) is -0.637. The van der Waals surface area contributed by atoms with E-state index < -0.39 is 12.0 Å². The number of ether oxygens (including phenoxy) is 1. The summed E-state index contributed by atoms with van der Waals surface area (Å²) in [5.41, 5.74) is 0. The molecule has 9 heteroatoms. The zero-order valence-corrected chi connectivity index (χ0v) is 11.1. The van der Waals surface area contributed by atoms with Crippen molar-refractivity contribution in [3.05, 3.63) is 0 Å². The van der Waals surface area contributed by atoms with E-state index in [1.54, 1.807) is 14.1 Å². The van der Waals surface area contributed by atoms with Gasteiger partial charge in [0.25, 0.3) is 0 Å². The summed E-state index contributed by atoms with van der Waals surface area (Å²) in [6.45, 7) is 0.557. The standard InChI is InChI=1S/C10H20N4O5/c1-14(2)10(18)13-4-3-11-9(17)12-5-6-19-7-8(15)16/h3-7H2,1-2H3,(H,13,18)(H,15,16)(H2,11,12,17). The van der Waals surface area contributed by atoms with Crippen molar-refractivity contribution in [2.75, 3.05) is 46.9 Å². The number of nitrogens with one attached hydrogen (secondary N) is 3. The summed E-state index contributed by atoms with van der Waals surface area (Å²) >= 11 is 0. The van der Waals surface area contributed by atoms with Crippen LogP contribution in [-0.4, -0.2) is 75.0 Å². The van der Waals surface area contributed by atoms with E-state index in [4.69, 9.17) is 9.84 Å². The van der Waals surface area contributed by atoms with Crippen LogP contribution < -0.4 is 16.0 Å². The Kier molecular flexibility index (Phi) is 8.88. The molecular weight excluding hydrogens is 256 g/mol. The molecule has 0 spiro atoms. The highest BCUT2D eigenvalue weighted by atomic mass is 16.5. The Hall–Kier alpha value is -2.03. The fourth-order valence-corrected chi connectivity index (χ4v) is 0.962. The molecule has 0 rings (SSSR count). The summed E-state index contributed by atoms with van der Waals surface area (Å²) in [5, 5.41) is 15.9. The zero-order valence-electron chi connectivity index (χ0n) is 11.1. The molecule has 0 aromatic heterocycles. The Balaban J connectivity index is 3.40. The molecule has 0 saturated carbocycles. The minimum Gasteiger partial charge on any atom is -0.480 e. The third kappa shape index (κ3) is 10.8. The highest BCUT2D eigenvalue weighted by molar-refractivity contribution is 5.74. The number of nitrogens with zero attached hydrogens (tertiary/aromatic N) is 1. The van der Waals surface area contributed by atoms with Gasteiger partial charge >= 0.3 is 18.0 Å². The van der Waals surface area contributed by atoms with Crippen LogP contribution in [0.2, 0.25) is 0 Å². The van der Waals surface area contributed by atoms with Crippen molar-refractivity contribution in [3.63, 3.8) is 0 Å². The third-order valence-corrected chi connectivity index (χ3v) is 1.85. The molecular formula is C10H20N4O5. The van der Waals surface area contributed by atoms with Gasteiger partial charge < -0.3 is 30.7 Å². The van der Waals surface area contributed by atoms with Crippen LogP contribution in [-0.2, 0) is 9.53 Å². The molecule has 0 fully saturated rings. The van der Waals surface area contributed by atoms with Crippen LogP contribution in [0.1, 0.15) is 0 Å². The van der Waals surface area contributed by atoms with Crippen molar-refractivity contribution in [2.45, 2.75) is 0 Å². The second-order valence-electron chi connectivity index (χ2n) is 3.76. The van der Waals surface area contributed by atoms with E-state index >= 15 is 0 Å². The van der Waals surface area contributed by atoms with Crippen molar-refractivity contribution in [2.24, 2.45) is 0 Å². The maximum Gasteiger partial charge on any atom is 0.329 e. The number of aliphatic carboxylic acids is 1. The van der Waals surface area contributed by atoms with Crippen LogP contribution in [0.4, 0.5) is 9.59 Å². The van der Waals surface area contributed by atoms with E-state index in [0.29, 0.717) is 13.1 Å². The minimum absolute atomic E-state index is 0.122. The van der Waals surface area contributed by atoms with Gasteiger partial charge in [0.2, 0.25) is 0 Å². The topological polar surface area (TPSA) is 120 Å². The highest BCUT2D eigenvalue weighted by Crippen LogP contribution is 1.76. The molecule has 4 N–H and O–H groups in total. The lowest BCUT2D eigenvalue weighted by Gasteiger charge is -2.12. The summed E-state index contributed by atoms with van der Waals surface area (Å²) in [4.78, 5) is 33.8. The van der Waals surface area contributed by atoms with E-state index in [1.807, 2.05) is 0 Å². The second kappa shape index (κ2) is 9.95. The van der Waals surface area contributed by atoms with Gasteiger partial charge in [0, 0.05) is 33.7 Å². The molecule has 0 heterocycles. The van der Waals surface area contributed by atoms with Gasteiger partial charge in [-0.3, -0.25) is 0 Å². The quantitative estimate of drug-likeness (QED) is 0.409. The molecule has 0 saturated heterocycles. The maximum absolute atomic E-state index is 11.2. The number of rotatable bonds is 8. The lowest BCUT2D eigenvalue weighted by atomic mass is 10.6. The van der Waals surface area contributed by atoms with Gasteiger partial charge in [-0.05, 0) is 0 Å². The molecule has 0 aromatic carbocycles. The number of amides is 4. The highest BCUT2D eigenvalue weighted by Gasteiger charge is 2.02. The molecule has 0 aliphatic rings. The first-order chi connectivity index (χ1) is 8.93. The van der Waals surface area contributed by atoms with Crippen molar-refractivity contribution in [3.8, 4) is 0 Å². The molecule has 0 unspecified atom stereocenters. The molecule has 0 radical (unpaired) electrons. The molecule has 0 aliphatic carbocycles. The van der Waals surface area contributed by atoms with Crippen LogP contribution in [0, 0.1) is 0 Å². The van der Waals surface area contributed by atoms with Crippen LogP contribution in [0.15, 0.2) is 0 Å². The summed E-state index contributed by atoms with van der Waals surface area (Å²) in [7, 11) is 3.24. The fourth-order valence-electron chi connectivity index (χ4n) is 0.962. The number of urea groups is 2. The third-order valence-electron chi connectivity index (χ3n) is 1.85. The Labute approximate surface area is 111 Å². The molecule has 0 aromatic rings. The summed E-state index contributed by atoms with van der Waals surface area (Å²) < 4.78 is 4.72. The van der Waals surface area contributed by atoms with Crippen molar-refractivity contribution >= 4 is 18.0 Å². The SMILES string of the molecule is CN(C)C(=O)NCCNC(=O)NCCOCC(=O)O. The van der Waals surface area contributed by atoms with Gasteiger partial charge in [0.15, 0.2) is 0 Å². The van der Waals surface area contributed by atoms with E-state index in [-0.39, 0.29) is 25.8 Å². The van der Waals surface area contributed by atoms with Gasteiger partial charge in [-0.2, -0.15) is 0 Å². The van der Waals surface area contributed by atoms with Crippen LogP contribution in [0.5, 0.6) is 0 Å². The predicted octanol–water partition coefficient (Wildman–Crippen LogP) is -1.34. The Morgan fingerprint density at radius 2 is 1.63 bits per heavy atom. The lowest BCUT2D eigenvalue weighted by molar-refractivity contribution is -0.142. The smallest absolute Gasteiger partial charge is 0.329 e. The first kappa shape index (κ1) is 17.0.